The lowest BCUT2D eigenvalue weighted by Crippen LogP contribution is -2.53. The van der Waals surface area contributed by atoms with Gasteiger partial charge in [-0.2, -0.15) is 0 Å². The maximum atomic E-state index is 9.38. The molecule has 17 heavy (non-hydrogen) atoms. The van der Waals surface area contributed by atoms with Crippen molar-refractivity contribution in [3.8, 4) is 0 Å². The van der Waals surface area contributed by atoms with Crippen LogP contribution in [-0.4, -0.2) is 37.4 Å². The van der Waals surface area contributed by atoms with Gasteiger partial charge in [-0.15, -0.1) is 0 Å². The fourth-order valence-corrected chi connectivity index (χ4v) is 2.31. The molecule has 1 aliphatic rings. The van der Waals surface area contributed by atoms with Crippen molar-refractivity contribution in [2.24, 2.45) is 0 Å². The van der Waals surface area contributed by atoms with Gasteiger partial charge in [0.1, 0.15) is 0 Å². The Morgan fingerprint density at radius 2 is 2.06 bits per heavy atom. The fourth-order valence-electron chi connectivity index (χ4n) is 2.31. The third kappa shape index (κ3) is 2.79. The second-order valence-corrected chi connectivity index (χ2v) is 4.98. The van der Waals surface area contributed by atoms with Gasteiger partial charge in [0.25, 0.3) is 0 Å². The van der Waals surface area contributed by atoms with Gasteiger partial charge < -0.3 is 15.3 Å². The molecule has 0 unspecified atom stereocenters. The van der Waals surface area contributed by atoms with Crippen molar-refractivity contribution in [1.29, 1.82) is 0 Å². The summed E-state index contributed by atoms with van der Waals surface area (Å²) in [7, 11) is 0. The first-order chi connectivity index (χ1) is 8.22. The van der Waals surface area contributed by atoms with Gasteiger partial charge in [0.05, 0.1) is 12.6 Å². The molecular weight excluding hydrogens is 212 g/mol. The molecule has 0 bridgehead atoms. The zero-order valence-corrected chi connectivity index (χ0v) is 10.7. The highest BCUT2D eigenvalue weighted by molar-refractivity contribution is 5.49. The lowest BCUT2D eigenvalue weighted by Gasteiger charge is -2.37. The second kappa shape index (κ2) is 5.52. The lowest BCUT2D eigenvalue weighted by atomic mass is 10.0. The Bertz CT molecular complexity index is 348. The molecule has 1 aliphatic heterocycles. The molecule has 3 nitrogen and oxygen atoms in total. The second-order valence-electron chi connectivity index (χ2n) is 4.98. The predicted molar refractivity (Wildman–Crippen MR) is 71.6 cm³/mol. The van der Waals surface area contributed by atoms with Crippen LogP contribution in [0.3, 0.4) is 0 Å². The maximum absolute atomic E-state index is 9.38. The van der Waals surface area contributed by atoms with Gasteiger partial charge in [-0.3, -0.25) is 0 Å². The summed E-state index contributed by atoms with van der Waals surface area (Å²) >= 11 is 0. The third-order valence-electron chi connectivity index (χ3n) is 3.45. The highest BCUT2D eigenvalue weighted by Gasteiger charge is 2.21. The van der Waals surface area contributed by atoms with Crippen molar-refractivity contribution >= 4 is 5.69 Å². The summed E-state index contributed by atoms with van der Waals surface area (Å²) < 4.78 is 0. The van der Waals surface area contributed by atoms with Gasteiger partial charge in [-0.05, 0) is 23.6 Å². The van der Waals surface area contributed by atoms with E-state index in [1.165, 1.54) is 11.3 Å². The van der Waals surface area contributed by atoms with Crippen molar-refractivity contribution in [3.63, 3.8) is 0 Å². The summed E-state index contributed by atoms with van der Waals surface area (Å²) in [4.78, 5) is 2.29. The topological polar surface area (TPSA) is 35.5 Å². The van der Waals surface area contributed by atoms with E-state index in [9.17, 15) is 5.11 Å². The molecule has 1 heterocycles. The number of nitrogens with one attached hydrogen (secondary N) is 1. The Hall–Kier alpha value is -1.06. The van der Waals surface area contributed by atoms with Crippen LogP contribution in [-0.2, 0) is 0 Å². The van der Waals surface area contributed by atoms with Crippen molar-refractivity contribution in [1.82, 2.24) is 5.32 Å². The Kier molecular flexibility index (Phi) is 4.02. The fraction of sp³-hybridized carbons (Fsp3) is 0.571. The first-order valence-corrected chi connectivity index (χ1v) is 6.40. The number of hydrogen-bond acceptors (Lipinski definition) is 3. The number of aliphatic hydroxyl groups excluding tert-OH is 1. The van der Waals surface area contributed by atoms with Gasteiger partial charge in [0, 0.05) is 25.3 Å². The molecule has 0 radical (unpaired) electrons. The molecule has 0 amide bonds. The van der Waals surface area contributed by atoms with Gasteiger partial charge in [0.2, 0.25) is 0 Å². The van der Waals surface area contributed by atoms with Crippen LogP contribution in [0.1, 0.15) is 25.3 Å². The molecule has 2 rings (SSSR count). The molecule has 94 valence electrons. The summed E-state index contributed by atoms with van der Waals surface area (Å²) in [5, 5.41) is 12.7. The molecule has 1 aromatic carbocycles. The van der Waals surface area contributed by atoms with Crippen LogP contribution >= 0.6 is 0 Å². The van der Waals surface area contributed by atoms with Gasteiger partial charge in [0.15, 0.2) is 0 Å². The van der Waals surface area contributed by atoms with Crippen molar-refractivity contribution in [3.05, 3.63) is 29.8 Å². The summed E-state index contributed by atoms with van der Waals surface area (Å²) in [5.74, 6) is 0.570. The summed E-state index contributed by atoms with van der Waals surface area (Å²) in [6.45, 7) is 7.43. The minimum absolute atomic E-state index is 0.202. The molecule has 0 aromatic heterocycles. The summed E-state index contributed by atoms with van der Waals surface area (Å²) in [5.41, 5.74) is 2.58. The first-order valence-electron chi connectivity index (χ1n) is 6.40. The Morgan fingerprint density at radius 1 is 1.35 bits per heavy atom. The van der Waals surface area contributed by atoms with Crippen LogP contribution in [0, 0.1) is 0 Å². The minimum atomic E-state index is 0.202. The van der Waals surface area contributed by atoms with E-state index in [0.717, 1.165) is 19.6 Å². The van der Waals surface area contributed by atoms with E-state index >= 15 is 0 Å². The number of benzene rings is 1. The van der Waals surface area contributed by atoms with E-state index in [0.29, 0.717) is 5.92 Å². The zero-order valence-electron chi connectivity index (χ0n) is 10.7. The average molecular weight is 234 g/mol. The average Bonchev–Trinajstić information content (AvgIpc) is 2.39. The van der Waals surface area contributed by atoms with E-state index in [1.807, 2.05) is 0 Å². The summed E-state index contributed by atoms with van der Waals surface area (Å²) in [6.07, 6.45) is 0. The molecule has 1 saturated heterocycles. The molecule has 3 heteroatoms. The quantitative estimate of drug-likeness (QED) is 0.833. The van der Waals surface area contributed by atoms with Crippen molar-refractivity contribution in [2.45, 2.75) is 25.8 Å². The lowest BCUT2D eigenvalue weighted by molar-refractivity contribution is 0.246. The number of nitrogens with zero attached hydrogens (tertiary/aromatic N) is 1. The Morgan fingerprint density at radius 3 is 2.65 bits per heavy atom. The Balaban J connectivity index is 2.15. The largest absolute Gasteiger partial charge is 0.394 e. The number of aliphatic hydroxyl groups is 1. The maximum Gasteiger partial charge on any atom is 0.0647 e. The number of piperazine rings is 1. The molecule has 1 fully saturated rings. The highest BCUT2D eigenvalue weighted by atomic mass is 16.3. The van der Waals surface area contributed by atoms with Crippen LogP contribution in [0.2, 0.25) is 0 Å². The molecular formula is C14H22N2O. The van der Waals surface area contributed by atoms with Crippen LogP contribution in [0.15, 0.2) is 24.3 Å². The standard InChI is InChI=1S/C14H22N2O/c1-11(2)12-3-5-13(6-4-12)16-8-7-15-9-14(16)10-17/h3-6,11,14-15,17H,7-10H2,1-2H3/t14-/m0/s1. The number of hydrogen-bond donors (Lipinski definition) is 2. The van der Waals surface area contributed by atoms with Crippen LogP contribution in [0.5, 0.6) is 0 Å². The van der Waals surface area contributed by atoms with E-state index in [-0.39, 0.29) is 12.6 Å². The normalized spacial score (nSPS) is 20.9. The van der Waals surface area contributed by atoms with E-state index in [4.69, 9.17) is 0 Å². The van der Waals surface area contributed by atoms with E-state index in [1.54, 1.807) is 0 Å². The van der Waals surface area contributed by atoms with Crippen LogP contribution in [0.25, 0.3) is 0 Å². The van der Waals surface area contributed by atoms with E-state index < -0.39 is 0 Å². The molecule has 0 aliphatic carbocycles. The minimum Gasteiger partial charge on any atom is -0.394 e. The molecule has 2 N–H and O–H groups in total. The van der Waals surface area contributed by atoms with Gasteiger partial charge in [-0.1, -0.05) is 26.0 Å². The van der Waals surface area contributed by atoms with Crippen molar-refractivity contribution < 1.29 is 5.11 Å². The zero-order chi connectivity index (χ0) is 12.3. The first kappa shape index (κ1) is 12.4. The van der Waals surface area contributed by atoms with Crippen LogP contribution in [0.4, 0.5) is 5.69 Å². The Labute approximate surface area is 103 Å². The third-order valence-corrected chi connectivity index (χ3v) is 3.45. The molecule has 0 saturated carbocycles. The van der Waals surface area contributed by atoms with Crippen LogP contribution < -0.4 is 10.2 Å². The monoisotopic (exact) mass is 234 g/mol. The smallest absolute Gasteiger partial charge is 0.0647 e. The molecule has 1 atom stereocenters. The van der Waals surface area contributed by atoms with Gasteiger partial charge >= 0.3 is 0 Å². The predicted octanol–water partition coefficient (Wildman–Crippen LogP) is 1.58. The SMILES string of the molecule is CC(C)c1ccc(N2CCNC[C@H]2CO)cc1. The number of rotatable bonds is 3. The summed E-state index contributed by atoms with van der Waals surface area (Å²) in [6, 6.07) is 8.92. The molecule has 1 aromatic rings. The number of anilines is 1. The molecule has 0 spiro atoms. The van der Waals surface area contributed by atoms with Gasteiger partial charge in [-0.25, -0.2) is 0 Å². The highest BCUT2D eigenvalue weighted by Crippen LogP contribution is 2.22. The van der Waals surface area contributed by atoms with Crippen molar-refractivity contribution in [2.75, 3.05) is 31.1 Å². The van der Waals surface area contributed by atoms with E-state index in [2.05, 4.69) is 48.3 Å².